The Morgan fingerprint density at radius 3 is 2.29 bits per heavy atom. The summed E-state index contributed by atoms with van der Waals surface area (Å²) in [6, 6.07) is 11.9. The fraction of sp³-hybridized carbons (Fsp3) is 0.517. The highest BCUT2D eigenvalue weighted by molar-refractivity contribution is 5.93. The van der Waals surface area contributed by atoms with E-state index >= 15 is 0 Å². The van der Waals surface area contributed by atoms with Gasteiger partial charge in [0.1, 0.15) is 12.1 Å². The number of carbonyl (C=O) groups is 4. The monoisotopic (exact) mass is 523 g/mol. The Morgan fingerprint density at radius 1 is 0.974 bits per heavy atom. The third-order valence-electron chi connectivity index (χ3n) is 7.20. The largest absolute Gasteiger partial charge is 0.353 e. The highest BCUT2D eigenvalue weighted by Crippen LogP contribution is 2.23. The Hall–Kier alpha value is -3.46. The summed E-state index contributed by atoms with van der Waals surface area (Å²) in [5.41, 5.74) is 6.47. The van der Waals surface area contributed by atoms with Gasteiger partial charge in [-0.1, -0.05) is 56.3 Å². The van der Waals surface area contributed by atoms with Crippen molar-refractivity contribution < 1.29 is 19.2 Å². The molecule has 3 atom stereocenters. The van der Waals surface area contributed by atoms with E-state index in [9.17, 15) is 19.2 Å². The van der Waals surface area contributed by atoms with Gasteiger partial charge in [-0.25, -0.2) is 0 Å². The van der Waals surface area contributed by atoms with E-state index in [2.05, 4.69) is 16.0 Å². The first-order chi connectivity index (χ1) is 18.2. The van der Waals surface area contributed by atoms with Gasteiger partial charge in [0.25, 0.3) is 0 Å². The molecule has 0 bridgehead atoms. The van der Waals surface area contributed by atoms with Crippen molar-refractivity contribution in [2.75, 3.05) is 19.6 Å². The van der Waals surface area contributed by atoms with E-state index in [4.69, 9.17) is 5.73 Å². The number of amides is 4. The van der Waals surface area contributed by atoms with Crippen LogP contribution in [0.4, 0.5) is 0 Å². The number of hydrogen-bond acceptors (Lipinski definition) is 5. The molecule has 1 heterocycles. The van der Waals surface area contributed by atoms with Crippen LogP contribution in [0.5, 0.6) is 0 Å². The van der Waals surface area contributed by atoms with Crippen LogP contribution in [0.2, 0.25) is 0 Å². The predicted molar refractivity (Wildman–Crippen MR) is 148 cm³/mol. The van der Waals surface area contributed by atoms with Crippen LogP contribution in [0.15, 0.2) is 42.5 Å². The maximum absolute atomic E-state index is 13.4. The summed E-state index contributed by atoms with van der Waals surface area (Å²) >= 11 is 0. The zero-order chi connectivity index (χ0) is 27.7. The number of fused-ring (bicyclic) bond motifs is 1. The summed E-state index contributed by atoms with van der Waals surface area (Å²) in [4.78, 5) is 53.1. The van der Waals surface area contributed by atoms with E-state index in [-0.39, 0.29) is 42.6 Å². The van der Waals surface area contributed by atoms with Crippen LogP contribution in [0.1, 0.15) is 52.0 Å². The van der Waals surface area contributed by atoms with Crippen molar-refractivity contribution in [2.45, 2.75) is 71.0 Å². The third-order valence-corrected chi connectivity index (χ3v) is 7.20. The molecule has 1 aliphatic rings. The molecule has 206 valence electrons. The number of likely N-dealkylation sites (tertiary alicyclic amines) is 1. The van der Waals surface area contributed by atoms with Gasteiger partial charge < -0.3 is 26.6 Å². The lowest BCUT2D eigenvalue weighted by molar-refractivity contribution is -0.142. The normalized spacial score (nSPS) is 16.8. The van der Waals surface area contributed by atoms with Gasteiger partial charge in [-0.3, -0.25) is 19.2 Å². The van der Waals surface area contributed by atoms with Gasteiger partial charge in [-0.05, 0) is 48.9 Å². The molecule has 9 heteroatoms. The topological polar surface area (TPSA) is 134 Å². The minimum absolute atomic E-state index is 0.00746. The number of carbonyl (C=O) groups excluding carboxylic acids is 4. The molecule has 9 nitrogen and oxygen atoms in total. The van der Waals surface area contributed by atoms with Crippen molar-refractivity contribution in [3.8, 4) is 0 Å². The number of nitrogens with one attached hydrogen (secondary N) is 3. The van der Waals surface area contributed by atoms with Crippen LogP contribution in [0.3, 0.4) is 0 Å². The first kappa shape index (κ1) is 29.1. The molecule has 0 aromatic heterocycles. The van der Waals surface area contributed by atoms with Crippen LogP contribution in [-0.2, 0) is 25.6 Å². The molecule has 0 aliphatic carbocycles. The summed E-state index contributed by atoms with van der Waals surface area (Å²) in [6.07, 6.45) is 3.08. The number of hydrogen-bond donors (Lipinski definition) is 4. The van der Waals surface area contributed by atoms with Crippen molar-refractivity contribution in [3.63, 3.8) is 0 Å². The maximum Gasteiger partial charge on any atom is 0.243 e. The van der Waals surface area contributed by atoms with Crippen molar-refractivity contribution in [3.05, 3.63) is 48.0 Å². The molecule has 3 rings (SSSR count). The number of rotatable bonds is 12. The maximum atomic E-state index is 13.4. The van der Waals surface area contributed by atoms with Crippen LogP contribution < -0.4 is 21.7 Å². The van der Waals surface area contributed by atoms with Crippen molar-refractivity contribution >= 4 is 34.4 Å². The molecule has 0 saturated carbocycles. The number of benzene rings is 2. The van der Waals surface area contributed by atoms with Gasteiger partial charge in [0.05, 0.1) is 6.04 Å². The minimum atomic E-state index is -0.835. The first-order valence-electron chi connectivity index (χ1n) is 13.6. The number of nitrogens with two attached hydrogens (primary N) is 1. The second kappa shape index (κ2) is 13.9. The highest BCUT2D eigenvalue weighted by Gasteiger charge is 2.37. The van der Waals surface area contributed by atoms with Crippen molar-refractivity contribution in [2.24, 2.45) is 11.7 Å². The Kier molecular flexibility index (Phi) is 10.6. The third kappa shape index (κ3) is 7.54. The van der Waals surface area contributed by atoms with E-state index in [0.717, 1.165) is 35.6 Å². The lowest BCUT2D eigenvalue weighted by Gasteiger charge is -2.29. The fourth-order valence-corrected chi connectivity index (χ4v) is 4.91. The van der Waals surface area contributed by atoms with E-state index in [0.29, 0.717) is 19.4 Å². The molecule has 2 unspecified atom stereocenters. The zero-order valence-corrected chi connectivity index (χ0v) is 22.7. The summed E-state index contributed by atoms with van der Waals surface area (Å²) in [7, 11) is 0. The van der Waals surface area contributed by atoms with Gasteiger partial charge in [0, 0.05) is 32.0 Å². The quantitative estimate of drug-likeness (QED) is 0.315. The number of nitrogens with zero attached hydrogens (tertiary/aromatic N) is 1. The lowest BCUT2D eigenvalue weighted by atomic mass is 10.00. The molecule has 1 saturated heterocycles. The van der Waals surface area contributed by atoms with Crippen LogP contribution in [0.25, 0.3) is 10.8 Å². The van der Waals surface area contributed by atoms with Gasteiger partial charge in [-0.2, -0.15) is 0 Å². The smallest absolute Gasteiger partial charge is 0.243 e. The van der Waals surface area contributed by atoms with Crippen LogP contribution >= 0.6 is 0 Å². The Balaban J connectivity index is 1.73. The van der Waals surface area contributed by atoms with Gasteiger partial charge in [-0.15, -0.1) is 0 Å². The predicted octanol–water partition coefficient (Wildman–Crippen LogP) is 1.87. The molecular formula is C29H41N5O4. The second-order valence-corrected chi connectivity index (χ2v) is 10.0. The summed E-state index contributed by atoms with van der Waals surface area (Å²) in [5.74, 6) is -1.06. The van der Waals surface area contributed by atoms with Gasteiger partial charge in [0.15, 0.2) is 0 Å². The average molecular weight is 524 g/mol. The Morgan fingerprint density at radius 2 is 1.63 bits per heavy atom. The van der Waals surface area contributed by atoms with E-state index in [1.807, 2.05) is 56.3 Å². The van der Waals surface area contributed by atoms with Crippen LogP contribution in [-0.4, -0.2) is 66.3 Å². The Bertz CT molecular complexity index is 1130. The second-order valence-electron chi connectivity index (χ2n) is 10.0. The summed E-state index contributed by atoms with van der Waals surface area (Å²) in [6.45, 7) is 6.53. The molecule has 1 aliphatic heterocycles. The molecule has 38 heavy (non-hydrogen) atoms. The average Bonchev–Trinajstić information content (AvgIpc) is 3.41. The van der Waals surface area contributed by atoms with E-state index < -0.39 is 18.1 Å². The molecule has 2 aromatic rings. The molecule has 4 amide bonds. The van der Waals surface area contributed by atoms with Gasteiger partial charge in [0.2, 0.25) is 23.6 Å². The molecular weight excluding hydrogens is 482 g/mol. The van der Waals surface area contributed by atoms with E-state index in [1.54, 1.807) is 11.8 Å². The highest BCUT2D eigenvalue weighted by atomic mass is 16.2. The fourth-order valence-electron chi connectivity index (χ4n) is 4.91. The molecule has 0 spiro atoms. The standard InChI is InChI=1S/C29H41N5O4/c1-4-21(5-2)29(38)34-16-8-11-25(34)28(37)33-24(27(36)32-15-14-31-26(35)19(3)30)18-20-12-13-22-9-6-7-10-23(22)17-20/h6-7,9-10,12-13,17,19,21,24-25H,4-5,8,11,14-16,18,30H2,1-3H3,(H,31,35)(H,32,36)(H,33,37)/t19?,24-,25?/m1/s1. The summed E-state index contributed by atoms with van der Waals surface area (Å²) in [5, 5.41) is 10.5. The summed E-state index contributed by atoms with van der Waals surface area (Å²) < 4.78 is 0. The SMILES string of the molecule is CCC(CC)C(=O)N1CCCC1C(=O)N[C@H](Cc1ccc2ccccc2c1)C(=O)NCCNC(=O)C(C)N. The zero-order valence-electron chi connectivity index (χ0n) is 22.7. The molecule has 0 radical (unpaired) electrons. The van der Waals surface area contributed by atoms with E-state index in [1.165, 1.54) is 0 Å². The Labute approximate surface area is 224 Å². The molecule has 2 aromatic carbocycles. The lowest BCUT2D eigenvalue weighted by Crippen LogP contribution is -2.55. The minimum Gasteiger partial charge on any atom is -0.353 e. The molecule has 1 fully saturated rings. The van der Waals surface area contributed by atoms with Gasteiger partial charge >= 0.3 is 0 Å². The van der Waals surface area contributed by atoms with Crippen molar-refractivity contribution in [1.82, 2.24) is 20.9 Å². The van der Waals surface area contributed by atoms with Crippen molar-refractivity contribution in [1.29, 1.82) is 0 Å². The first-order valence-corrected chi connectivity index (χ1v) is 13.6. The van der Waals surface area contributed by atoms with Crippen LogP contribution in [0, 0.1) is 5.92 Å². The molecule has 5 N–H and O–H groups in total.